The highest BCUT2D eigenvalue weighted by Gasteiger charge is 2.13. The molecule has 0 radical (unpaired) electrons. The predicted molar refractivity (Wildman–Crippen MR) is 81.4 cm³/mol. The van der Waals surface area contributed by atoms with Crippen LogP contribution in [0.15, 0.2) is 12.1 Å². The van der Waals surface area contributed by atoms with Crippen molar-refractivity contribution in [1.82, 2.24) is 5.32 Å². The molecular weight excluding hydrogens is 282 g/mol. The first-order valence-electron chi connectivity index (χ1n) is 6.33. The molecule has 2 N–H and O–H groups in total. The lowest BCUT2D eigenvalue weighted by Gasteiger charge is -2.17. The van der Waals surface area contributed by atoms with Gasteiger partial charge in [0.2, 0.25) is 5.75 Å². The van der Waals surface area contributed by atoms with Crippen molar-refractivity contribution >= 4 is 12.4 Å². The average Bonchev–Trinajstić information content (AvgIpc) is 2.46. The molecule has 0 amide bonds. The Morgan fingerprint density at radius 3 is 2.00 bits per heavy atom. The average molecular weight is 306 g/mol. The molecule has 0 aliphatic heterocycles. The lowest BCUT2D eigenvalue weighted by Crippen LogP contribution is -2.31. The van der Waals surface area contributed by atoms with Gasteiger partial charge >= 0.3 is 0 Å². The van der Waals surface area contributed by atoms with Crippen LogP contribution in [0.1, 0.15) is 18.9 Å². The number of ether oxygens (including phenoxy) is 3. The number of aliphatic hydroxyl groups excluding tert-OH is 1. The fourth-order valence-corrected chi connectivity index (χ4v) is 1.84. The second-order valence-corrected chi connectivity index (χ2v) is 4.20. The first kappa shape index (κ1) is 18.8. The molecule has 0 heterocycles. The van der Waals surface area contributed by atoms with Crippen molar-refractivity contribution < 1.29 is 19.3 Å². The molecule has 0 aromatic heterocycles. The van der Waals surface area contributed by atoms with Gasteiger partial charge in [-0.25, -0.2) is 0 Å². The molecule has 0 spiro atoms. The lowest BCUT2D eigenvalue weighted by molar-refractivity contribution is 0.238. The summed E-state index contributed by atoms with van der Waals surface area (Å²) in [5.74, 6) is 1.86. The van der Waals surface area contributed by atoms with Gasteiger partial charge < -0.3 is 24.6 Å². The highest BCUT2D eigenvalue weighted by atomic mass is 35.5. The molecule has 1 aromatic carbocycles. The molecule has 0 fully saturated rings. The van der Waals surface area contributed by atoms with Gasteiger partial charge in [0.05, 0.1) is 27.9 Å². The molecular formula is C14H24ClNO4. The molecule has 5 nitrogen and oxygen atoms in total. The topological polar surface area (TPSA) is 60.0 Å². The van der Waals surface area contributed by atoms with Crippen LogP contribution in [-0.4, -0.2) is 39.1 Å². The van der Waals surface area contributed by atoms with E-state index < -0.39 is 0 Å². The monoisotopic (exact) mass is 305 g/mol. The molecule has 20 heavy (non-hydrogen) atoms. The summed E-state index contributed by atoms with van der Waals surface area (Å²) in [5, 5.41) is 12.4. The summed E-state index contributed by atoms with van der Waals surface area (Å²) in [5.41, 5.74) is 1.02. The van der Waals surface area contributed by atoms with E-state index in [1.165, 1.54) is 0 Å². The van der Waals surface area contributed by atoms with Gasteiger partial charge in [-0.2, -0.15) is 0 Å². The van der Waals surface area contributed by atoms with E-state index in [4.69, 9.17) is 19.3 Å². The second-order valence-electron chi connectivity index (χ2n) is 4.20. The van der Waals surface area contributed by atoms with E-state index >= 15 is 0 Å². The molecule has 1 atom stereocenters. The first-order valence-corrected chi connectivity index (χ1v) is 6.33. The standard InChI is InChI=1S/C14H23NO4.ClH/c1-5-11(9-16)15-8-10-6-12(17-2)14(19-4)13(7-10)18-3;/h6-7,11,15-16H,5,8-9H2,1-4H3;1H. The van der Waals surface area contributed by atoms with Gasteiger partial charge in [-0.1, -0.05) is 6.92 Å². The Hall–Kier alpha value is -1.17. The molecule has 1 unspecified atom stereocenters. The summed E-state index contributed by atoms with van der Waals surface area (Å²) in [6.45, 7) is 2.79. The van der Waals surface area contributed by atoms with Crippen LogP contribution < -0.4 is 19.5 Å². The van der Waals surface area contributed by atoms with Crippen LogP contribution >= 0.6 is 12.4 Å². The largest absolute Gasteiger partial charge is 0.493 e. The molecule has 0 aliphatic rings. The maximum absolute atomic E-state index is 9.16. The Labute approximate surface area is 126 Å². The summed E-state index contributed by atoms with van der Waals surface area (Å²) >= 11 is 0. The Morgan fingerprint density at radius 1 is 1.10 bits per heavy atom. The summed E-state index contributed by atoms with van der Waals surface area (Å²) in [6, 6.07) is 3.90. The molecule has 0 saturated heterocycles. The SMILES string of the molecule is CCC(CO)NCc1cc(OC)c(OC)c(OC)c1.Cl. The van der Waals surface area contributed by atoms with Gasteiger partial charge in [0.1, 0.15) is 0 Å². The number of rotatable bonds is 8. The summed E-state index contributed by atoms with van der Waals surface area (Å²) in [7, 11) is 4.77. The van der Waals surface area contributed by atoms with Crippen molar-refractivity contribution in [3.8, 4) is 17.2 Å². The van der Waals surface area contributed by atoms with Gasteiger partial charge in [0.15, 0.2) is 11.5 Å². The van der Waals surface area contributed by atoms with Gasteiger partial charge in [0.25, 0.3) is 0 Å². The first-order chi connectivity index (χ1) is 9.19. The fourth-order valence-electron chi connectivity index (χ4n) is 1.84. The van der Waals surface area contributed by atoms with Crippen molar-refractivity contribution in [1.29, 1.82) is 0 Å². The maximum Gasteiger partial charge on any atom is 0.203 e. The minimum absolute atomic E-state index is 0. The van der Waals surface area contributed by atoms with Crippen molar-refractivity contribution in [2.45, 2.75) is 25.9 Å². The Bertz CT molecular complexity index is 372. The number of benzene rings is 1. The predicted octanol–water partition coefficient (Wildman–Crippen LogP) is 1.99. The number of aliphatic hydroxyl groups is 1. The van der Waals surface area contributed by atoms with E-state index in [9.17, 15) is 0 Å². The zero-order valence-corrected chi connectivity index (χ0v) is 13.3. The maximum atomic E-state index is 9.16. The summed E-state index contributed by atoms with van der Waals surface area (Å²) in [6.07, 6.45) is 0.876. The van der Waals surface area contributed by atoms with E-state index in [-0.39, 0.29) is 25.1 Å². The van der Waals surface area contributed by atoms with Gasteiger partial charge in [-0.05, 0) is 24.1 Å². The van der Waals surface area contributed by atoms with Crippen molar-refractivity contribution in [3.63, 3.8) is 0 Å². The van der Waals surface area contributed by atoms with Crippen molar-refractivity contribution in [2.75, 3.05) is 27.9 Å². The van der Waals surface area contributed by atoms with E-state index in [0.717, 1.165) is 12.0 Å². The van der Waals surface area contributed by atoms with Crippen molar-refractivity contribution in [3.05, 3.63) is 17.7 Å². The van der Waals surface area contributed by atoms with Crippen LogP contribution in [0.4, 0.5) is 0 Å². The fraction of sp³-hybridized carbons (Fsp3) is 0.571. The van der Waals surface area contributed by atoms with E-state index in [2.05, 4.69) is 5.32 Å². The van der Waals surface area contributed by atoms with Crippen LogP contribution in [0.5, 0.6) is 17.2 Å². The third kappa shape index (κ3) is 4.74. The highest BCUT2D eigenvalue weighted by molar-refractivity contribution is 5.85. The Morgan fingerprint density at radius 2 is 1.65 bits per heavy atom. The minimum atomic E-state index is 0. The number of hydrogen-bond acceptors (Lipinski definition) is 5. The normalized spacial score (nSPS) is 11.4. The number of nitrogens with one attached hydrogen (secondary N) is 1. The zero-order valence-electron chi connectivity index (χ0n) is 12.4. The minimum Gasteiger partial charge on any atom is -0.493 e. The second kappa shape index (κ2) is 9.69. The summed E-state index contributed by atoms with van der Waals surface area (Å²) < 4.78 is 15.9. The lowest BCUT2D eigenvalue weighted by atomic mass is 10.1. The number of methoxy groups -OCH3 is 3. The van der Waals surface area contributed by atoms with Crippen LogP contribution in [-0.2, 0) is 6.54 Å². The number of hydrogen-bond donors (Lipinski definition) is 2. The van der Waals surface area contributed by atoms with Gasteiger partial charge in [0, 0.05) is 12.6 Å². The molecule has 116 valence electrons. The van der Waals surface area contributed by atoms with Crippen molar-refractivity contribution in [2.24, 2.45) is 0 Å². The molecule has 0 saturated carbocycles. The van der Waals surface area contributed by atoms with E-state index in [1.54, 1.807) is 21.3 Å². The van der Waals surface area contributed by atoms with Crippen LogP contribution in [0.3, 0.4) is 0 Å². The van der Waals surface area contributed by atoms with E-state index in [0.29, 0.717) is 23.8 Å². The molecule has 1 rings (SSSR count). The number of halogens is 1. The molecule has 1 aromatic rings. The van der Waals surface area contributed by atoms with Gasteiger partial charge in [-0.3, -0.25) is 0 Å². The van der Waals surface area contributed by atoms with Crippen LogP contribution in [0.2, 0.25) is 0 Å². The molecule has 0 aliphatic carbocycles. The Kier molecular flexibility index (Phi) is 9.12. The van der Waals surface area contributed by atoms with Gasteiger partial charge in [-0.15, -0.1) is 12.4 Å². The van der Waals surface area contributed by atoms with Crippen LogP contribution in [0, 0.1) is 0 Å². The van der Waals surface area contributed by atoms with Crippen LogP contribution in [0.25, 0.3) is 0 Å². The van der Waals surface area contributed by atoms with E-state index in [1.807, 2.05) is 19.1 Å². The third-order valence-electron chi connectivity index (χ3n) is 3.03. The third-order valence-corrected chi connectivity index (χ3v) is 3.03. The highest BCUT2D eigenvalue weighted by Crippen LogP contribution is 2.38. The quantitative estimate of drug-likeness (QED) is 0.769. The zero-order chi connectivity index (χ0) is 14.3. The Balaban J connectivity index is 0.00000361. The smallest absolute Gasteiger partial charge is 0.203 e. The molecule has 0 bridgehead atoms. The summed E-state index contributed by atoms with van der Waals surface area (Å²) in [4.78, 5) is 0. The molecule has 6 heteroatoms.